The molecule has 0 saturated carbocycles. The fourth-order valence-electron chi connectivity index (χ4n) is 1.56. The van der Waals surface area contributed by atoms with Gasteiger partial charge in [0.2, 0.25) is 5.91 Å². The highest BCUT2D eigenvalue weighted by Crippen LogP contribution is 2.20. The average Bonchev–Trinajstić information content (AvgIpc) is 2.43. The molecule has 0 aromatic rings. The molecule has 4 atom stereocenters. The fourth-order valence-corrected chi connectivity index (χ4v) is 1.56. The van der Waals surface area contributed by atoms with Crippen LogP contribution in [-0.4, -0.2) is 58.8 Å². The van der Waals surface area contributed by atoms with Gasteiger partial charge in [-0.3, -0.25) is 4.79 Å². The summed E-state index contributed by atoms with van der Waals surface area (Å²) < 4.78 is 5.12. The van der Waals surface area contributed by atoms with Crippen LogP contribution in [0.25, 0.3) is 0 Å². The first-order valence-electron chi connectivity index (χ1n) is 4.42. The summed E-state index contributed by atoms with van der Waals surface area (Å²) in [5.74, 6) is -0.310. The van der Waals surface area contributed by atoms with Crippen LogP contribution >= 0.6 is 0 Å². The first-order chi connectivity index (χ1) is 6.60. The molecular weight excluding hydrogens is 190 g/mol. The molecule has 1 rings (SSSR count). The van der Waals surface area contributed by atoms with E-state index in [9.17, 15) is 9.90 Å². The van der Waals surface area contributed by atoms with Gasteiger partial charge < -0.3 is 25.4 Å². The molecule has 1 fully saturated rings. The molecule has 1 aliphatic rings. The maximum absolute atomic E-state index is 10.8. The molecule has 6 nitrogen and oxygen atoms in total. The number of hydrogen-bond acceptors (Lipinski definition) is 5. The monoisotopic (exact) mass is 205 g/mol. The van der Waals surface area contributed by atoms with E-state index in [4.69, 9.17) is 14.9 Å². The molecule has 14 heavy (non-hydrogen) atoms. The van der Waals surface area contributed by atoms with Gasteiger partial charge in [0, 0.05) is 6.92 Å². The molecule has 6 heteroatoms. The van der Waals surface area contributed by atoms with Crippen molar-refractivity contribution >= 4 is 5.91 Å². The van der Waals surface area contributed by atoms with Gasteiger partial charge in [-0.05, 0) is 0 Å². The van der Waals surface area contributed by atoms with Crippen molar-refractivity contribution in [3.63, 3.8) is 0 Å². The van der Waals surface area contributed by atoms with Crippen molar-refractivity contribution in [2.45, 2.75) is 31.3 Å². The van der Waals surface area contributed by atoms with Gasteiger partial charge in [0.05, 0.1) is 19.3 Å². The standard InChI is InChI=1S/C8H15NO5/c1-4(12)9-7-5(2-10)14-6(3-11)8(7)13/h5-8,10-11,13H,2-3H2,1H3,(H,9,12)/t5-,6-,7-,8-/m1/s1. The number of rotatable bonds is 3. The average molecular weight is 205 g/mol. The van der Waals surface area contributed by atoms with E-state index in [1.807, 2.05) is 0 Å². The minimum absolute atomic E-state index is 0.307. The Morgan fingerprint density at radius 2 is 1.93 bits per heavy atom. The molecule has 1 saturated heterocycles. The Bertz CT molecular complexity index is 208. The molecule has 1 amide bonds. The van der Waals surface area contributed by atoms with Crippen LogP contribution in [0.4, 0.5) is 0 Å². The predicted molar refractivity (Wildman–Crippen MR) is 46.4 cm³/mol. The number of hydrogen-bond donors (Lipinski definition) is 4. The minimum Gasteiger partial charge on any atom is -0.394 e. The first kappa shape index (κ1) is 11.4. The molecular formula is C8H15NO5. The van der Waals surface area contributed by atoms with Crippen LogP contribution in [0.5, 0.6) is 0 Å². The lowest BCUT2D eigenvalue weighted by Crippen LogP contribution is -2.48. The van der Waals surface area contributed by atoms with E-state index >= 15 is 0 Å². The van der Waals surface area contributed by atoms with E-state index in [0.29, 0.717) is 0 Å². The van der Waals surface area contributed by atoms with Crippen LogP contribution in [0.2, 0.25) is 0 Å². The third kappa shape index (κ3) is 2.21. The summed E-state index contributed by atoms with van der Waals surface area (Å²) in [6, 6.07) is -0.658. The maximum atomic E-state index is 10.8. The number of aliphatic hydroxyl groups excluding tert-OH is 3. The van der Waals surface area contributed by atoms with E-state index < -0.39 is 24.4 Å². The third-order valence-corrected chi connectivity index (χ3v) is 2.23. The SMILES string of the molecule is CC(=O)N[C@H]1[C@H](O)[C@@H](CO)O[C@@H]1CO. The van der Waals surface area contributed by atoms with Gasteiger partial charge in [-0.1, -0.05) is 0 Å². The second-order valence-corrected chi connectivity index (χ2v) is 3.30. The summed E-state index contributed by atoms with van der Waals surface area (Å²) in [7, 11) is 0. The van der Waals surface area contributed by atoms with E-state index in [1.54, 1.807) is 0 Å². The Kier molecular flexibility index (Phi) is 3.82. The Morgan fingerprint density at radius 1 is 1.36 bits per heavy atom. The molecule has 0 spiro atoms. The summed E-state index contributed by atoms with van der Waals surface area (Å²) in [6.45, 7) is 0.666. The largest absolute Gasteiger partial charge is 0.394 e. The Morgan fingerprint density at radius 3 is 2.36 bits per heavy atom. The molecule has 0 aliphatic carbocycles. The van der Waals surface area contributed by atoms with E-state index in [1.165, 1.54) is 6.92 Å². The lowest BCUT2D eigenvalue weighted by atomic mass is 10.1. The number of aliphatic hydroxyl groups is 3. The molecule has 0 unspecified atom stereocenters. The van der Waals surface area contributed by atoms with Gasteiger partial charge in [-0.25, -0.2) is 0 Å². The molecule has 0 radical (unpaired) electrons. The van der Waals surface area contributed by atoms with Gasteiger partial charge >= 0.3 is 0 Å². The predicted octanol–water partition coefficient (Wildman–Crippen LogP) is -2.40. The zero-order valence-electron chi connectivity index (χ0n) is 7.88. The zero-order valence-corrected chi connectivity index (χ0v) is 7.88. The first-order valence-corrected chi connectivity index (χ1v) is 4.42. The highest BCUT2D eigenvalue weighted by atomic mass is 16.5. The molecule has 0 aromatic heterocycles. The Balaban J connectivity index is 2.64. The van der Waals surface area contributed by atoms with Crippen molar-refractivity contribution in [1.29, 1.82) is 0 Å². The highest BCUT2D eigenvalue weighted by Gasteiger charge is 2.43. The fraction of sp³-hybridized carbons (Fsp3) is 0.875. The quantitative estimate of drug-likeness (QED) is 0.412. The number of amides is 1. The van der Waals surface area contributed by atoms with E-state index in [2.05, 4.69) is 5.32 Å². The molecule has 4 N–H and O–H groups in total. The minimum atomic E-state index is -0.985. The van der Waals surface area contributed by atoms with Crippen LogP contribution in [0.1, 0.15) is 6.92 Å². The number of nitrogens with one attached hydrogen (secondary N) is 1. The van der Waals surface area contributed by atoms with Crippen LogP contribution in [0.3, 0.4) is 0 Å². The van der Waals surface area contributed by atoms with Gasteiger partial charge in [0.25, 0.3) is 0 Å². The van der Waals surface area contributed by atoms with Crippen LogP contribution in [-0.2, 0) is 9.53 Å². The van der Waals surface area contributed by atoms with E-state index in [-0.39, 0.29) is 19.1 Å². The maximum Gasteiger partial charge on any atom is 0.217 e. The second-order valence-electron chi connectivity index (χ2n) is 3.30. The second kappa shape index (κ2) is 4.70. The summed E-state index contributed by atoms with van der Waals surface area (Å²) in [5, 5.41) is 29.8. The molecule has 1 heterocycles. The van der Waals surface area contributed by atoms with Gasteiger partial charge in [-0.2, -0.15) is 0 Å². The highest BCUT2D eigenvalue weighted by molar-refractivity contribution is 5.73. The van der Waals surface area contributed by atoms with Crippen molar-refractivity contribution in [1.82, 2.24) is 5.32 Å². The van der Waals surface area contributed by atoms with Gasteiger partial charge in [0.1, 0.15) is 18.3 Å². The van der Waals surface area contributed by atoms with Gasteiger partial charge in [0.15, 0.2) is 0 Å². The Labute approximate surface area is 81.5 Å². The lowest BCUT2D eigenvalue weighted by Gasteiger charge is -2.19. The number of carbonyl (C=O) groups is 1. The van der Waals surface area contributed by atoms with Crippen LogP contribution in [0.15, 0.2) is 0 Å². The summed E-state index contributed by atoms with van der Waals surface area (Å²) in [6.07, 6.45) is -2.39. The lowest BCUT2D eigenvalue weighted by molar-refractivity contribution is -0.120. The molecule has 0 bridgehead atoms. The molecule has 1 aliphatic heterocycles. The third-order valence-electron chi connectivity index (χ3n) is 2.23. The Hall–Kier alpha value is -0.690. The topological polar surface area (TPSA) is 99.0 Å². The summed E-state index contributed by atoms with van der Waals surface area (Å²) in [4.78, 5) is 10.8. The van der Waals surface area contributed by atoms with Crippen LogP contribution < -0.4 is 5.32 Å². The van der Waals surface area contributed by atoms with Crippen molar-refractivity contribution < 1.29 is 24.9 Å². The summed E-state index contributed by atoms with van der Waals surface area (Å²) in [5.41, 5.74) is 0. The summed E-state index contributed by atoms with van der Waals surface area (Å²) >= 11 is 0. The molecule has 82 valence electrons. The van der Waals surface area contributed by atoms with Crippen molar-refractivity contribution in [3.8, 4) is 0 Å². The van der Waals surface area contributed by atoms with Crippen molar-refractivity contribution in [3.05, 3.63) is 0 Å². The number of carbonyl (C=O) groups excluding carboxylic acids is 1. The van der Waals surface area contributed by atoms with Crippen LogP contribution in [0, 0.1) is 0 Å². The zero-order chi connectivity index (χ0) is 10.7. The smallest absolute Gasteiger partial charge is 0.217 e. The number of ether oxygens (including phenoxy) is 1. The van der Waals surface area contributed by atoms with Crippen molar-refractivity contribution in [2.75, 3.05) is 13.2 Å². The van der Waals surface area contributed by atoms with Crippen molar-refractivity contribution in [2.24, 2.45) is 0 Å². The normalized spacial score (nSPS) is 37.1. The molecule has 0 aromatic carbocycles. The van der Waals surface area contributed by atoms with E-state index in [0.717, 1.165) is 0 Å². The van der Waals surface area contributed by atoms with Gasteiger partial charge in [-0.15, -0.1) is 0 Å².